The topological polar surface area (TPSA) is 97.8 Å². The number of aliphatic hydroxyl groups is 1. The number of rotatable bonds is 18. The molecule has 0 bridgehead atoms. The molecule has 258 valence electrons. The van der Waals surface area contributed by atoms with Crippen LogP contribution in [0, 0.1) is 0 Å². The van der Waals surface area contributed by atoms with Crippen LogP contribution in [-0.2, 0) is 55.0 Å². The largest absolute Gasteiger partial charge is 0.377 e. The molecule has 1 saturated heterocycles. The van der Waals surface area contributed by atoms with Crippen LogP contribution in [0.3, 0.4) is 0 Å². The molecule has 5 rings (SSSR count). The van der Waals surface area contributed by atoms with Gasteiger partial charge in [0.25, 0.3) is 5.91 Å². The molecule has 0 radical (unpaired) electrons. The van der Waals surface area contributed by atoms with Crippen molar-refractivity contribution in [1.82, 2.24) is 9.80 Å². The molecule has 1 aliphatic rings. The first-order valence-electron chi connectivity index (χ1n) is 16.7. The number of carbonyl (C=O) groups excluding carboxylic acids is 2. The van der Waals surface area contributed by atoms with Crippen molar-refractivity contribution in [2.75, 3.05) is 39.8 Å². The summed E-state index contributed by atoms with van der Waals surface area (Å²) in [5.74, 6) is -0.297. The minimum Gasteiger partial charge on any atom is -0.377 e. The van der Waals surface area contributed by atoms with Gasteiger partial charge >= 0.3 is 0 Å². The van der Waals surface area contributed by atoms with Crippen molar-refractivity contribution in [3.8, 4) is 0 Å². The van der Waals surface area contributed by atoms with Gasteiger partial charge in [0.1, 0.15) is 12.2 Å². The highest BCUT2D eigenvalue weighted by molar-refractivity contribution is 5.82. The summed E-state index contributed by atoms with van der Waals surface area (Å²) in [6, 6.07) is 38.0. The highest BCUT2D eigenvalue weighted by Gasteiger charge is 2.50. The zero-order valence-electron chi connectivity index (χ0n) is 28.0. The Kier molecular flexibility index (Phi) is 13.6. The minimum absolute atomic E-state index is 0.0413. The Morgan fingerprint density at radius 2 is 1.10 bits per heavy atom. The molecule has 1 fully saturated rings. The van der Waals surface area contributed by atoms with E-state index in [-0.39, 0.29) is 32.3 Å². The van der Waals surface area contributed by atoms with Crippen molar-refractivity contribution in [3.63, 3.8) is 0 Å². The van der Waals surface area contributed by atoms with Crippen LogP contribution < -0.4 is 0 Å². The van der Waals surface area contributed by atoms with Gasteiger partial charge in [0.05, 0.1) is 33.0 Å². The average molecular weight is 667 g/mol. The molecule has 0 aromatic heterocycles. The lowest BCUT2D eigenvalue weighted by Crippen LogP contribution is -2.62. The van der Waals surface area contributed by atoms with E-state index < -0.39 is 30.5 Å². The second-order valence-electron chi connectivity index (χ2n) is 12.4. The third-order valence-corrected chi connectivity index (χ3v) is 8.63. The number of hydrogen-bond acceptors (Lipinski definition) is 8. The summed E-state index contributed by atoms with van der Waals surface area (Å²) in [6.07, 6.45) is -3.37. The van der Waals surface area contributed by atoms with Crippen molar-refractivity contribution < 1.29 is 33.6 Å². The lowest BCUT2D eigenvalue weighted by molar-refractivity contribution is -0.218. The summed E-state index contributed by atoms with van der Waals surface area (Å²) in [6.45, 7) is 2.39. The quantitative estimate of drug-likeness (QED) is 0.153. The first-order valence-corrected chi connectivity index (χ1v) is 16.7. The molecule has 4 aromatic carbocycles. The highest BCUT2D eigenvalue weighted by Crippen LogP contribution is 2.28. The number of amides is 1. The summed E-state index contributed by atoms with van der Waals surface area (Å²) < 4.78 is 25.5. The van der Waals surface area contributed by atoms with Crippen LogP contribution in [0.1, 0.15) is 22.3 Å². The maximum absolute atomic E-state index is 14.5. The van der Waals surface area contributed by atoms with Crippen molar-refractivity contribution in [2.45, 2.75) is 50.3 Å². The number of likely N-dealkylation sites (N-methyl/N-ethyl adjacent to an activating group) is 1. The maximum Gasteiger partial charge on any atom is 0.254 e. The van der Waals surface area contributed by atoms with Gasteiger partial charge in [-0.25, -0.2) is 0 Å². The number of aldehydes is 1. The standard InChI is InChI=1S/C40H46N2O7/c1-41-22-24-42(25-23-41)39(44)37(48-28-34-18-10-4-11-19-34)36(47-27-33-16-8-3-9-17-33)38(49-29-35-20-12-5-13-21-35)40(45,30-43)31-46-26-32-14-6-2-7-15-32/h2-21,30,36-38,45H,22-29,31H2,1H3/t36-,37-,38+,40?/m1/s1. The fraction of sp³-hybridized carbons (Fsp3) is 0.350. The Morgan fingerprint density at radius 3 is 1.57 bits per heavy atom. The van der Waals surface area contributed by atoms with Crippen molar-refractivity contribution >= 4 is 12.2 Å². The van der Waals surface area contributed by atoms with E-state index in [0.717, 1.165) is 22.3 Å². The molecule has 0 spiro atoms. The molecule has 1 amide bonds. The lowest BCUT2D eigenvalue weighted by atomic mass is 9.90. The van der Waals surface area contributed by atoms with E-state index >= 15 is 0 Å². The van der Waals surface area contributed by atoms with E-state index in [1.807, 2.05) is 128 Å². The third kappa shape index (κ3) is 10.6. The molecular formula is C40H46N2O7. The summed E-state index contributed by atoms with van der Waals surface area (Å²) >= 11 is 0. The van der Waals surface area contributed by atoms with Gasteiger partial charge in [-0.15, -0.1) is 0 Å². The fourth-order valence-electron chi connectivity index (χ4n) is 5.75. The van der Waals surface area contributed by atoms with Crippen LogP contribution in [0.4, 0.5) is 0 Å². The predicted octanol–water partition coefficient (Wildman–Crippen LogP) is 4.66. The highest BCUT2D eigenvalue weighted by atomic mass is 16.6. The normalized spacial score (nSPS) is 16.7. The molecule has 1 aliphatic heterocycles. The molecule has 1 unspecified atom stereocenters. The Hall–Kier alpha value is -4.22. The van der Waals surface area contributed by atoms with Gasteiger partial charge in [-0.1, -0.05) is 121 Å². The third-order valence-electron chi connectivity index (χ3n) is 8.63. The molecular weight excluding hydrogens is 620 g/mol. The predicted molar refractivity (Wildman–Crippen MR) is 186 cm³/mol. The van der Waals surface area contributed by atoms with Crippen molar-refractivity contribution in [1.29, 1.82) is 0 Å². The van der Waals surface area contributed by atoms with Crippen molar-refractivity contribution in [3.05, 3.63) is 144 Å². The van der Waals surface area contributed by atoms with Gasteiger partial charge in [0.15, 0.2) is 18.0 Å². The summed E-state index contributed by atoms with van der Waals surface area (Å²) in [5.41, 5.74) is 1.20. The van der Waals surface area contributed by atoms with Gasteiger partial charge in [0, 0.05) is 26.2 Å². The van der Waals surface area contributed by atoms with Crippen LogP contribution in [0.15, 0.2) is 121 Å². The number of carbonyl (C=O) groups is 2. The Morgan fingerprint density at radius 1 is 0.673 bits per heavy atom. The van der Waals surface area contributed by atoms with E-state index in [1.54, 1.807) is 4.90 Å². The van der Waals surface area contributed by atoms with Crippen molar-refractivity contribution in [2.24, 2.45) is 0 Å². The molecule has 4 aromatic rings. The summed E-state index contributed by atoms with van der Waals surface area (Å²) in [4.78, 5) is 31.4. The Labute approximate surface area is 289 Å². The Bertz CT molecular complexity index is 1540. The molecule has 1 N–H and O–H groups in total. The zero-order chi connectivity index (χ0) is 34.3. The molecule has 9 heteroatoms. The molecule has 1 heterocycles. The molecule has 4 atom stereocenters. The van der Waals surface area contributed by atoms with Crippen LogP contribution in [0.2, 0.25) is 0 Å². The second kappa shape index (κ2) is 18.5. The number of hydrogen-bond donors (Lipinski definition) is 1. The Balaban J connectivity index is 1.52. The summed E-state index contributed by atoms with van der Waals surface area (Å²) in [5, 5.41) is 12.2. The van der Waals surface area contributed by atoms with Crippen LogP contribution in [0.5, 0.6) is 0 Å². The lowest BCUT2D eigenvalue weighted by Gasteiger charge is -2.41. The monoisotopic (exact) mass is 666 g/mol. The van der Waals surface area contributed by atoms with E-state index in [1.165, 1.54) is 0 Å². The van der Waals surface area contributed by atoms with Gasteiger partial charge < -0.3 is 33.9 Å². The summed E-state index contributed by atoms with van der Waals surface area (Å²) in [7, 11) is 2.02. The number of benzene rings is 4. The van der Waals surface area contributed by atoms with E-state index in [4.69, 9.17) is 18.9 Å². The minimum atomic E-state index is -2.21. The zero-order valence-corrected chi connectivity index (χ0v) is 28.0. The van der Waals surface area contributed by atoms with E-state index in [0.29, 0.717) is 32.5 Å². The molecule has 49 heavy (non-hydrogen) atoms. The van der Waals surface area contributed by atoms with Gasteiger partial charge in [0.2, 0.25) is 0 Å². The maximum atomic E-state index is 14.5. The van der Waals surface area contributed by atoms with E-state index in [9.17, 15) is 14.7 Å². The van der Waals surface area contributed by atoms with Gasteiger partial charge in [-0.05, 0) is 29.3 Å². The second-order valence-corrected chi connectivity index (χ2v) is 12.4. The smallest absolute Gasteiger partial charge is 0.254 e. The molecule has 0 saturated carbocycles. The number of ether oxygens (including phenoxy) is 4. The van der Waals surface area contributed by atoms with E-state index in [2.05, 4.69) is 4.90 Å². The van der Waals surface area contributed by atoms with Crippen LogP contribution >= 0.6 is 0 Å². The fourth-order valence-corrected chi connectivity index (χ4v) is 5.75. The first kappa shape index (κ1) is 36.1. The van der Waals surface area contributed by atoms with Gasteiger partial charge in [-0.2, -0.15) is 0 Å². The van der Waals surface area contributed by atoms with Gasteiger partial charge in [-0.3, -0.25) is 9.59 Å². The number of piperazine rings is 1. The number of nitrogens with zero attached hydrogens (tertiary/aromatic N) is 2. The first-order chi connectivity index (χ1) is 23.9. The molecule has 0 aliphatic carbocycles. The van der Waals surface area contributed by atoms with Crippen LogP contribution in [0.25, 0.3) is 0 Å². The average Bonchev–Trinajstić information content (AvgIpc) is 3.15. The molecule has 9 nitrogen and oxygen atoms in total. The SMILES string of the molecule is CN1CCN(C(=O)[C@H](OCc2ccccc2)[C@@H](OCc2ccccc2)[C@H](OCc2ccccc2)C(O)(C=O)COCc2ccccc2)CC1. The van der Waals surface area contributed by atoms with Crippen LogP contribution in [-0.4, -0.2) is 90.8 Å².